The van der Waals surface area contributed by atoms with Crippen LogP contribution in [0.3, 0.4) is 0 Å². The zero-order valence-corrected chi connectivity index (χ0v) is 17.9. The molecule has 146 valence electrons. The van der Waals surface area contributed by atoms with Gasteiger partial charge in [0, 0.05) is 10.0 Å². The van der Waals surface area contributed by atoms with Gasteiger partial charge in [-0.05, 0) is 35.9 Å². The molecule has 0 amide bonds. The van der Waals surface area contributed by atoms with Gasteiger partial charge in [0.15, 0.2) is 17.3 Å². The third-order valence-corrected chi connectivity index (χ3v) is 5.79. The summed E-state index contributed by atoms with van der Waals surface area (Å²) in [7, 11) is 1.57. The molecule has 6 nitrogen and oxygen atoms in total. The van der Waals surface area contributed by atoms with Gasteiger partial charge in [0.05, 0.1) is 11.6 Å². The SMILES string of the molecule is C=CCOc1ccc(/C=c2/sc3nc(-c4ccccc4Br)nn3c2=O)cc1OC. The topological polar surface area (TPSA) is 65.7 Å². The van der Waals surface area contributed by atoms with Crippen LogP contribution in [0.15, 0.2) is 64.4 Å². The number of hydrogen-bond donors (Lipinski definition) is 0. The summed E-state index contributed by atoms with van der Waals surface area (Å²) >= 11 is 4.79. The first-order valence-corrected chi connectivity index (χ1v) is 10.3. The van der Waals surface area contributed by atoms with E-state index in [9.17, 15) is 4.79 Å². The molecule has 0 aliphatic rings. The molecular formula is C21H16BrN3O3S. The van der Waals surface area contributed by atoms with Gasteiger partial charge in [-0.1, -0.05) is 58.1 Å². The maximum atomic E-state index is 12.8. The molecule has 0 fully saturated rings. The first-order valence-electron chi connectivity index (χ1n) is 8.68. The lowest BCUT2D eigenvalue weighted by Gasteiger charge is -2.09. The van der Waals surface area contributed by atoms with Gasteiger partial charge < -0.3 is 9.47 Å². The summed E-state index contributed by atoms with van der Waals surface area (Å²) in [6.45, 7) is 4.02. The third-order valence-electron chi connectivity index (χ3n) is 4.14. The number of halogens is 1. The van der Waals surface area contributed by atoms with Crippen molar-refractivity contribution in [2.45, 2.75) is 0 Å². The summed E-state index contributed by atoms with van der Waals surface area (Å²) in [5.41, 5.74) is 1.45. The summed E-state index contributed by atoms with van der Waals surface area (Å²) in [4.78, 5) is 17.8. The van der Waals surface area contributed by atoms with E-state index in [2.05, 4.69) is 32.6 Å². The normalized spacial score (nSPS) is 11.7. The highest BCUT2D eigenvalue weighted by Gasteiger charge is 2.14. The summed E-state index contributed by atoms with van der Waals surface area (Å²) in [5, 5.41) is 4.39. The number of aromatic nitrogens is 3. The van der Waals surface area contributed by atoms with Gasteiger partial charge in [-0.15, -0.1) is 5.10 Å². The van der Waals surface area contributed by atoms with Crippen molar-refractivity contribution in [2.24, 2.45) is 0 Å². The van der Waals surface area contributed by atoms with E-state index in [1.54, 1.807) is 25.3 Å². The van der Waals surface area contributed by atoms with E-state index in [1.165, 1.54) is 15.9 Å². The van der Waals surface area contributed by atoms with Crippen LogP contribution in [-0.2, 0) is 0 Å². The first kappa shape index (κ1) is 19.4. The second-order valence-corrected chi connectivity index (χ2v) is 7.90. The molecule has 0 aliphatic carbocycles. The highest BCUT2D eigenvalue weighted by molar-refractivity contribution is 9.10. The minimum atomic E-state index is -0.207. The monoisotopic (exact) mass is 469 g/mol. The lowest BCUT2D eigenvalue weighted by atomic mass is 10.2. The molecule has 0 aliphatic heterocycles. The number of thiazole rings is 1. The minimum absolute atomic E-state index is 0.207. The molecule has 0 N–H and O–H groups in total. The van der Waals surface area contributed by atoms with Gasteiger partial charge in [0.25, 0.3) is 5.56 Å². The van der Waals surface area contributed by atoms with Crippen LogP contribution in [0.1, 0.15) is 5.56 Å². The van der Waals surface area contributed by atoms with Crippen LogP contribution in [0.5, 0.6) is 11.5 Å². The molecule has 4 aromatic rings. The Bertz CT molecular complexity index is 1310. The maximum absolute atomic E-state index is 12.8. The van der Waals surface area contributed by atoms with Gasteiger partial charge in [0.2, 0.25) is 4.96 Å². The summed E-state index contributed by atoms with van der Waals surface area (Å²) in [6, 6.07) is 13.1. The van der Waals surface area contributed by atoms with E-state index in [0.717, 1.165) is 15.6 Å². The maximum Gasteiger partial charge on any atom is 0.291 e. The lowest BCUT2D eigenvalue weighted by molar-refractivity contribution is 0.326. The van der Waals surface area contributed by atoms with Gasteiger partial charge >= 0.3 is 0 Å². The molecular weight excluding hydrogens is 454 g/mol. The van der Waals surface area contributed by atoms with Crippen molar-refractivity contribution in [3.05, 3.63) is 80.0 Å². The Balaban J connectivity index is 1.73. The average Bonchev–Trinajstić information content (AvgIpc) is 3.26. The molecule has 0 atom stereocenters. The molecule has 0 saturated carbocycles. The van der Waals surface area contributed by atoms with Crippen LogP contribution in [0, 0.1) is 0 Å². The van der Waals surface area contributed by atoms with Gasteiger partial charge in [-0.3, -0.25) is 4.79 Å². The van der Waals surface area contributed by atoms with Crippen molar-refractivity contribution in [1.29, 1.82) is 0 Å². The number of nitrogens with zero attached hydrogens (tertiary/aromatic N) is 3. The molecule has 8 heteroatoms. The van der Waals surface area contributed by atoms with Crippen molar-refractivity contribution in [3.8, 4) is 22.9 Å². The predicted molar refractivity (Wildman–Crippen MR) is 118 cm³/mol. The molecule has 0 unspecified atom stereocenters. The molecule has 0 saturated heterocycles. The zero-order valence-electron chi connectivity index (χ0n) is 15.5. The molecule has 4 rings (SSSR count). The van der Waals surface area contributed by atoms with E-state index in [0.29, 0.717) is 33.4 Å². The van der Waals surface area contributed by atoms with Crippen LogP contribution in [-0.4, -0.2) is 28.3 Å². The highest BCUT2D eigenvalue weighted by atomic mass is 79.9. The number of methoxy groups -OCH3 is 1. The molecule has 2 aromatic heterocycles. The quantitative estimate of drug-likeness (QED) is 0.402. The Morgan fingerprint density at radius 2 is 2.07 bits per heavy atom. The van der Waals surface area contributed by atoms with E-state index < -0.39 is 0 Å². The largest absolute Gasteiger partial charge is 0.493 e. The Morgan fingerprint density at radius 1 is 1.24 bits per heavy atom. The Kier molecular flexibility index (Phi) is 5.46. The van der Waals surface area contributed by atoms with Crippen LogP contribution in [0.25, 0.3) is 22.4 Å². The lowest BCUT2D eigenvalue weighted by Crippen LogP contribution is -2.23. The second kappa shape index (κ2) is 8.18. The Labute approximate surface area is 178 Å². The smallest absolute Gasteiger partial charge is 0.291 e. The minimum Gasteiger partial charge on any atom is -0.493 e. The van der Waals surface area contributed by atoms with E-state index in [1.807, 2.05) is 36.4 Å². The Morgan fingerprint density at radius 3 is 2.79 bits per heavy atom. The van der Waals surface area contributed by atoms with Gasteiger partial charge in [-0.2, -0.15) is 9.50 Å². The summed E-state index contributed by atoms with van der Waals surface area (Å²) in [5.74, 6) is 1.72. The average molecular weight is 470 g/mol. The molecule has 0 radical (unpaired) electrons. The zero-order chi connectivity index (χ0) is 20.4. The first-order chi connectivity index (χ1) is 14.1. The standard InChI is InChI=1S/C21H16BrN3O3S/c1-3-10-28-16-9-8-13(11-17(16)27-2)12-18-20(26)25-21(29-18)23-19(24-25)14-6-4-5-7-15(14)22/h3-9,11-12H,1,10H2,2H3/b18-12+. The molecule has 0 bridgehead atoms. The third kappa shape index (κ3) is 3.81. The fraction of sp³-hybridized carbons (Fsp3) is 0.0952. The van der Waals surface area contributed by atoms with Crippen LogP contribution < -0.4 is 19.6 Å². The second-order valence-electron chi connectivity index (χ2n) is 6.04. The highest BCUT2D eigenvalue weighted by Crippen LogP contribution is 2.28. The fourth-order valence-electron chi connectivity index (χ4n) is 2.78. The van der Waals surface area contributed by atoms with E-state index in [-0.39, 0.29) is 5.56 Å². The van der Waals surface area contributed by atoms with E-state index in [4.69, 9.17) is 9.47 Å². The molecule has 2 aromatic carbocycles. The van der Waals surface area contributed by atoms with Crippen molar-refractivity contribution in [2.75, 3.05) is 13.7 Å². The number of hydrogen-bond acceptors (Lipinski definition) is 6. The summed E-state index contributed by atoms with van der Waals surface area (Å²) < 4.78 is 13.7. The van der Waals surface area contributed by atoms with Crippen LogP contribution >= 0.6 is 27.3 Å². The van der Waals surface area contributed by atoms with E-state index >= 15 is 0 Å². The van der Waals surface area contributed by atoms with Crippen molar-refractivity contribution < 1.29 is 9.47 Å². The number of ether oxygens (including phenoxy) is 2. The van der Waals surface area contributed by atoms with Crippen LogP contribution in [0.4, 0.5) is 0 Å². The molecule has 29 heavy (non-hydrogen) atoms. The fourth-order valence-corrected chi connectivity index (χ4v) is 4.15. The van der Waals surface area contributed by atoms with Gasteiger partial charge in [-0.25, -0.2) is 0 Å². The number of rotatable bonds is 6. The van der Waals surface area contributed by atoms with Crippen molar-refractivity contribution in [1.82, 2.24) is 14.6 Å². The predicted octanol–water partition coefficient (Wildman–Crippen LogP) is 3.70. The Hall–Kier alpha value is -2.97. The van der Waals surface area contributed by atoms with Crippen molar-refractivity contribution in [3.63, 3.8) is 0 Å². The summed E-state index contributed by atoms with van der Waals surface area (Å²) in [6.07, 6.45) is 3.46. The van der Waals surface area contributed by atoms with Crippen molar-refractivity contribution >= 4 is 38.3 Å². The van der Waals surface area contributed by atoms with Crippen LogP contribution in [0.2, 0.25) is 0 Å². The van der Waals surface area contributed by atoms with Gasteiger partial charge in [0.1, 0.15) is 6.61 Å². The molecule has 0 spiro atoms. The molecule has 2 heterocycles. The number of benzene rings is 2. The number of fused-ring (bicyclic) bond motifs is 1.